The van der Waals surface area contributed by atoms with Crippen LogP contribution in [0.5, 0.6) is 0 Å². The molecule has 0 atom stereocenters. The number of aliphatic carboxylic acids is 1. The van der Waals surface area contributed by atoms with Crippen molar-refractivity contribution >= 4 is 11.9 Å². The molecule has 110 valence electrons. The van der Waals surface area contributed by atoms with E-state index in [9.17, 15) is 9.59 Å². The van der Waals surface area contributed by atoms with Gasteiger partial charge in [-0.1, -0.05) is 18.2 Å². The van der Waals surface area contributed by atoms with E-state index in [4.69, 9.17) is 5.11 Å². The highest BCUT2D eigenvalue weighted by Gasteiger charge is 2.25. The fourth-order valence-electron chi connectivity index (χ4n) is 2.05. The largest absolute Gasteiger partial charge is 0.481 e. The van der Waals surface area contributed by atoms with Gasteiger partial charge in [-0.25, -0.2) is 4.98 Å². The van der Waals surface area contributed by atoms with E-state index in [1.807, 2.05) is 30.3 Å². The molecule has 0 fully saturated rings. The number of imidazole rings is 1. The minimum atomic E-state index is -0.961. The lowest BCUT2D eigenvalue weighted by molar-refractivity contribution is -0.138. The van der Waals surface area contributed by atoms with Gasteiger partial charge in [-0.2, -0.15) is 0 Å². The molecular formula is C15H17N3O3. The van der Waals surface area contributed by atoms with Gasteiger partial charge in [-0.15, -0.1) is 0 Å². The smallest absolute Gasteiger partial charge is 0.305 e. The minimum Gasteiger partial charge on any atom is -0.481 e. The Balaban J connectivity index is 2.22. The van der Waals surface area contributed by atoms with Gasteiger partial charge in [0.15, 0.2) is 0 Å². The topological polar surface area (TPSA) is 84.2 Å². The Labute approximate surface area is 122 Å². The van der Waals surface area contributed by atoms with Gasteiger partial charge in [0.2, 0.25) is 0 Å². The molecule has 0 saturated carbocycles. The number of nitrogens with zero attached hydrogens (tertiary/aromatic N) is 2. The first-order valence-corrected chi connectivity index (χ1v) is 6.51. The van der Waals surface area contributed by atoms with Crippen LogP contribution >= 0.6 is 0 Å². The van der Waals surface area contributed by atoms with E-state index in [0.29, 0.717) is 5.69 Å². The molecule has 0 bridgehead atoms. The number of carbonyl (C=O) groups is 2. The second-order valence-electron chi connectivity index (χ2n) is 5.39. The average Bonchev–Trinajstić information content (AvgIpc) is 2.86. The number of benzene rings is 1. The standard InChI is InChI=1S/C15H17N3O3/c1-15(2,8-13(19)20)17-14(21)12-9-16-10-18(12)11-6-4-3-5-7-11/h3-7,9-10H,8H2,1-2H3,(H,17,21)(H,19,20). The van der Waals surface area contributed by atoms with Gasteiger partial charge < -0.3 is 10.4 Å². The zero-order valence-electron chi connectivity index (χ0n) is 11.9. The first-order chi connectivity index (χ1) is 9.89. The van der Waals surface area contributed by atoms with Gasteiger partial charge in [0, 0.05) is 11.2 Å². The SMILES string of the molecule is CC(C)(CC(=O)O)NC(=O)c1cncn1-c1ccccc1. The lowest BCUT2D eigenvalue weighted by Crippen LogP contribution is -2.45. The summed E-state index contributed by atoms with van der Waals surface area (Å²) in [6.45, 7) is 3.34. The van der Waals surface area contributed by atoms with E-state index < -0.39 is 11.5 Å². The lowest BCUT2D eigenvalue weighted by Gasteiger charge is -2.24. The molecule has 21 heavy (non-hydrogen) atoms. The van der Waals surface area contributed by atoms with E-state index in [0.717, 1.165) is 5.69 Å². The third kappa shape index (κ3) is 3.68. The van der Waals surface area contributed by atoms with Crippen LogP contribution in [-0.2, 0) is 4.79 Å². The number of hydrogen-bond donors (Lipinski definition) is 2. The molecular weight excluding hydrogens is 270 g/mol. The average molecular weight is 287 g/mol. The summed E-state index contributed by atoms with van der Waals surface area (Å²) in [4.78, 5) is 27.1. The molecule has 2 N–H and O–H groups in total. The normalized spacial score (nSPS) is 11.1. The van der Waals surface area contributed by atoms with Gasteiger partial charge in [0.1, 0.15) is 5.69 Å². The van der Waals surface area contributed by atoms with Crippen molar-refractivity contribution in [3.63, 3.8) is 0 Å². The molecule has 6 heteroatoms. The van der Waals surface area contributed by atoms with E-state index in [1.165, 1.54) is 6.20 Å². The van der Waals surface area contributed by atoms with Gasteiger partial charge in [0.25, 0.3) is 5.91 Å². The first-order valence-electron chi connectivity index (χ1n) is 6.51. The fourth-order valence-corrected chi connectivity index (χ4v) is 2.05. The molecule has 1 aromatic heterocycles. The first kappa shape index (κ1) is 14.8. The molecule has 0 aliphatic carbocycles. The van der Waals surface area contributed by atoms with Crippen LogP contribution in [0.1, 0.15) is 30.8 Å². The highest BCUT2D eigenvalue weighted by Crippen LogP contribution is 2.13. The number of carbonyl (C=O) groups excluding carboxylic acids is 1. The van der Waals surface area contributed by atoms with E-state index in [2.05, 4.69) is 10.3 Å². The molecule has 1 heterocycles. The van der Waals surface area contributed by atoms with Crippen LogP contribution in [0.15, 0.2) is 42.9 Å². The summed E-state index contributed by atoms with van der Waals surface area (Å²) in [6.07, 6.45) is 2.85. The van der Waals surface area contributed by atoms with Crippen LogP contribution in [0, 0.1) is 0 Å². The third-order valence-corrected chi connectivity index (χ3v) is 2.95. The molecule has 0 aliphatic rings. The maximum absolute atomic E-state index is 12.3. The summed E-state index contributed by atoms with van der Waals surface area (Å²) in [7, 11) is 0. The van der Waals surface area contributed by atoms with E-state index in [-0.39, 0.29) is 12.3 Å². The second kappa shape index (κ2) is 5.78. The Hall–Kier alpha value is -2.63. The summed E-state index contributed by atoms with van der Waals surface area (Å²) in [5, 5.41) is 11.6. The quantitative estimate of drug-likeness (QED) is 0.879. The number of carboxylic acids is 1. The van der Waals surface area contributed by atoms with Crippen molar-refractivity contribution in [2.75, 3.05) is 0 Å². The fraction of sp³-hybridized carbons (Fsp3) is 0.267. The van der Waals surface area contributed by atoms with Crippen LogP contribution in [0.25, 0.3) is 5.69 Å². The summed E-state index contributed by atoms with van der Waals surface area (Å²) >= 11 is 0. The van der Waals surface area contributed by atoms with Crippen LogP contribution < -0.4 is 5.32 Å². The highest BCUT2D eigenvalue weighted by atomic mass is 16.4. The van der Waals surface area contributed by atoms with Gasteiger partial charge in [-0.05, 0) is 26.0 Å². The molecule has 1 aromatic carbocycles. The molecule has 2 aromatic rings. The number of hydrogen-bond acceptors (Lipinski definition) is 3. The molecule has 1 amide bonds. The predicted molar refractivity (Wildman–Crippen MR) is 77.4 cm³/mol. The van der Waals surface area contributed by atoms with Crippen molar-refractivity contribution in [2.24, 2.45) is 0 Å². The van der Waals surface area contributed by atoms with E-state index in [1.54, 1.807) is 24.7 Å². The van der Waals surface area contributed by atoms with Crippen molar-refractivity contribution in [1.82, 2.24) is 14.9 Å². The predicted octanol–water partition coefficient (Wildman–Crippen LogP) is 1.86. The van der Waals surface area contributed by atoms with Crippen LogP contribution in [0.3, 0.4) is 0 Å². The number of para-hydroxylation sites is 1. The van der Waals surface area contributed by atoms with Gasteiger partial charge in [0.05, 0.1) is 18.9 Å². The molecule has 0 radical (unpaired) electrons. The van der Waals surface area contributed by atoms with Crippen molar-refractivity contribution in [3.8, 4) is 5.69 Å². The van der Waals surface area contributed by atoms with Gasteiger partial charge >= 0.3 is 5.97 Å². The zero-order valence-corrected chi connectivity index (χ0v) is 11.9. The molecule has 6 nitrogen and oxygen atoms in total. The van der Waals surface area contributed by atoms with E-state index >= 15 is 0 Å². The number of nitrogens with one attached hydrogen (secondary N) is 1. The van der Waals surface area contributed by atoms with Crippen molar-refractivity contribution in [2.45, 2.75) is 25.8 Å². The Morgan fingerprint density at radius 1 is 1.29 bits per heavy atom. The van der Waals surface area contributed by atoms with Crippen molar-refractivity contribution in [3.05, 3.63) is 48.5 Å². The lowest BCUT2D eigenvalue weighted by atomic mass is 10.0. The Bertz CT molecular complexity index is 647. The summed E-state index contributed by atoms with van der Waals surface area (Å²) < 4.78 is 1.66. The van der Waals surface area contributed by atoms with Crippen molar-refractivity contribution in [1.29, 1.82) is 0 Å². The van der Waals surface area contributed by atoms with Crippen molar-refractivity contribution < 1.29 is 14.7 Å². The monoisotopic (exact) mass is 287 g/mol. The number of rotatable bonds is 5. The molecule has 0 saturated heterocycles. The third-order valence-electron chi connectivity index (χ3n) is 2.95. The Morgan fingerprint density at radius 2 is 1.95 bits per heavy atom. The summed E-state index contributed by atoms with van der Waals surface area (Å²) in [6, 6.07) is 9.34. The maximum atomic E-state index is 12.3. The molecule has 0 spiro atoms. The summed E-state index contributed by atoms with van der Waals surface area (Å²) in [5.41, 5.74) is 0.338. The number of carboxylic acid groups (broad SMARTS) is 1. The van der Waals surface area contributed by atoms with Crippen LogP contribution in [0.2, 0.25) is 0 Å². The molecule has 0 aliphatic heterocycles. The minimum absolute atomic E-state index is 0.155. The van der Waals surface area contributed by atoms with Crippen LogP contribution in [0.4, 0.5) is 0 Å². The molecule has 2 rings (SSSR count). The summed E-state index contributed by atoms with van der Waals surface area (Å²) in [5.74, 6) is -1.32. The number of amides is 1. The highest BCUT2D eigenvalue weighted by molar-refractivity contribution is 5.93. The van der Waals surface area contributed by atoms with Crippen LogP contribution in [-0.4, -0.2) is 32.1 Å². The zero-order chi connectivity index (χ0) is 15.5. The molecule has 0 unspecified atom stereocenters. The number of aromatic nitrogens is 2. The van der Waals surface area contributed by atoms with Gasteiger partial charge in [-0.3, -0.25) is 14.2 Å². The second-order valence-corrected chi connectivity index (χ2v) is 5.39. The Kier molecular flexibility index (Phi) is 4.07. The Morgan fingerprint density at radius 3 is 2.57 bits per heavy atom. The maximum Gasteiger partial charge on any atom is 0.305 e.